The highest BCUT2D eigenvalue weighted by Crippen LogP contribution is 2.39. The SMILES string of the molecule is Cc1cccc(C2(NC(=O)Cc3cccc4cccnc34)CCCC2)c1. The first-order valence-electron chi connectivity index (χ1n) is 9.37. The Labute approximate surface area is 154 Å². The summed E-state index contributed by atoms with van der Waals surface area (Å²) in [7, 11) is 0. The highest BCUT2D eigenvalue weighted by molar-refractivity contribution is 5.88. The number of nitrogens with zero attached hydrogens (tertiary/aromatic N) is 1. The summed E-state index contributed by atoms with van der Waals surface area (Å²) in [6, 6.07) is 18.6. The summed E-state index contributed by atoms with van der Waals surface area (Å²) >= 11 is 0. The number of benzene rings is 2. The number of amides is 1. The molecule has 2 aromatic carbocycles. The Kier molecular flexibility index (Phi) is 4.46. The highest BCUT2D eigenvalue weighted by Gasteiger charge is 2.37. The fraction of sp³-hybridized carbons (Fsp3) is 0.304. The molecule has 4 rings (SSSR count). The number of hydrogen-bond donors (Lipinski definition) is 1. The molecule has 1 aliphatic rings. The molecule has 3 heteroatoms. The Morgan fingerprint density at radius 2 is 1.85 bits per heavy atom. The van der Waals surface area contributed by atoms with Gasteiger partial charge in [0.25, 0.3) is 0 Å². The zero-order valence-electron chi connectivity index (χ0n) is 15.2. The lowest BCUT2D eigenvalue weighted by molar-refractivity contribution is -0.122. The van der Waals surface area contributed by atoms with Gasteiger partial charge in [0.05, 0.1) is 17.5 Å². The van der Waals surface area contributed by atoms with E-state index in [2.05, 4.69) is 41.5 Å². The van der Waals surface area contributed by atoms with Crippen molar-refractivity contribution in [3.63, 3.8) is 0 Å². The Morgan fingerprint density at radius 3 is 2.65 bits per heavy atom. The molecule has 0 saturated heterocycles. The van der Waals surface area contributed by atoms with Gasteiger partial charge in [0, 0.05) is 11.6 Å². The maximum atomic E-state index is 12.9. The van der Waals surface area contributed by atoms with E-state index in [9.17, 15) is 4.79 Å². The molecule has 0 aliphatic heterocycles. The summed E-state index contributed by atoms with van der Waals surface area (Å²) in [4.78, 5) is 17.4. The van der Waals surface area contributed by atoms with Gasteiger partial charge >= 0.3 is 0 Å². The van der Waals surface area contributed by atoms with Crippen LogP contribution in [-0.4, -0.2) is 10.9 Å². The third-order valence-electron chi connectivity index (χ3n) is 5.47. The van der Waals surface area contributed by atoms with E-state index in [-0.39, 0.29) is 11.4 Å². The van der Waals surface area contributed by atoms with E-state index in [1.54, 1.807) is 6.20 Å². The van der Waals surface area contributed by atoms with Crippen molar-refractivity contribution >= 4 is 16.8 Å². The standard InChI is InChI=1S/C23H24N2O/c1-17-7-4-11-20(15-17)23(12-2-3-13-23)25-21(26)16-19-9-5-8-18-10-6-14-24-22(18)19/h4-11,14-15H,2-3,12-13,16H2,1H3,(H,25,26). The van der Waals surface area contributed by atoms with Crippen LogP contribution in [-0.2, 0) is 16.8 Å². The van der Waals surface area contributed by atoms with E-state index >= 15 is 0 Å². The number of fused-ring (bicyclic) bond motifs is 1. The molecule has 0 spiro atoms. The Morgan fingerprint density at radius 1 is 1.08 bits per heavy atom. The third-order valence-corrected chi connectivity index (χ3v) is 5.47. The number of pyridine rings is 1. The minimum atomic E-state index is -0.221. The van der Waals surface area contributed by atoms with Crippen molar-refractivity contribution in [1.82, 2.24) is 10.3 Å². The van der Waals surface area contributed by atoms with Gasteiger partial charge in [0.1, 0.15) is 0 Å². The van der Waals surface area contributed by atoms with E-state index in [4.69, 9.17) is 0 Å². The van der Waals surface area contributed by atoms with Crippen LogP contribution in [0.1, 0.15) is 42.4 Å². The smallest absolute Gasteiger partial charge is 0.225 e. The highest BCUT2D eigenvalue weighted by atomic mass is 16.1. The monoisotopic (exact) mass is 344 g/mol. The summed E-state index contributed by atoms with van der Waals surface area (Å²) in [5.41, 5.74) is 4.15. The number of nitrogens with one attached hydrogen (secondary N) is 1. The summed E-state index contributed by atoms with van der Waals surface area (Å²) in [5.74, 6) is 0.0755. The van der Waals surface area contributed by atoms with Gasteiger partial charge in [-0.3, -0.25) is 9.78 Å². The zero-order valence-corrected chi connectivity index (χ0v) is 15.2. The number of carbonyl (C=O) groups is 1. The van der Waals surface area contributed by atoms with E-state index in [0.29, 0.717) is 6.42 Å². The molecule has 0 unspecified atom stereocenters. The molecule has 0 radical (unpaired) electrons. The fourth-order valence-electron chi connectivity index (χ4n) is 4.20. The minimum absolute atomic E-state index is 0.0755. The predicted molar refractivity (Wildman–Crippen MR) is 105 cm³/mol. The summed E-state index contributed by atoms with van der Waals surface area (Å²) in [6.07, 6.45) is 6.48. The first-order chi connectivity index (χ1) is 12.7. The van der Waals surface area contributed by atoms with Crippen molar-refractivity contribution in [2.24, 2.45) is 0 Å². The van der Waals surface area contributed by atoms with Crippen LogP contribution in [0.4, 0.5) is 0 Å². The number of para-hydroxylation sites is 1. The lowest BCUT2D eigenvalue weighted by Gasteiger charge is -2.31. The molecule has 0 atom stereocenters. The first-order valence-corrected chi connectivity index (χ1v) is 9.37. The van der Waals surface area contributed by atoms with E-state index in [1.165, 1.54) is 11.1 Å². The molecular formula is C23H24N2O. The lowest BCUT2D eigenvalue weighted by atomic mass is 9.87. The molecule has 3 nitrogen and oxygen atoms in total. The zero-order chi connectivity index (χ0) is 18.0. The summed E-state index contributed by atoms with van der Waals surface area (Å²) < 4.78 is 0. The van der Waals surface area contributed by atoms with Crippen LogP contribution in [0.3, 0.4) is 0 Å². The van der Waals surface area contributed by atoms with Crippen LogP contribution in [0.2, 0.25) is 0 Å². The molecule has 3 aromatic rings. The van der Waals surface area contributed by atoms with Crippen molar-refractivity contribution in [1.29, 1.82) is 0 Å². The average molecular weight is 344 g/mol. The maximum Gasteiger partial charge on any atom is 0.225 e. The van der Waals surface area contributed by atoms with Gasteiger partial charge in [-0.05, 0) is 37.0 Å². The summed E-state index contributed by atoms with van der Waals surface area (Å²) in [6.45, 7) is 2.11. The van der Waals surface area contributed by atoms with Crippen LogP contribution in [0, 0.1) is 6.92 Å². The Bertz CT molecular complexity index is 936. The van der Waals surface area contributed by atoms with Gasteiger partial charge < -0.3 is 5.32 Å². The van der Waals surface area contributed by atoms with Gasteiger partial charge in [0.2, 0.25) is 5.91 Å². The second-order valence-corrected chi connectivity index (χ2v) is 7.38. The molecule has 1 amide bonds. The largest absolute Gasteiger partial charge is 0.346 e. The quantitative estimate of drug-likeness (QED) is 0.747. The van der Waals surface area contributed by atoms with Gasteiger partial charge in [-0.1, -0.05) is 66.9 Å². The minimum Gasteiger partial charge on any atom is -0.346 e. The Hall–Kier alpha value is -2.68. The van der Waals surface area contributed by atoms with E-state index < -0.39 is 0 Å². The molecule has 1 fully saturated rings. The van der Waals surface area contributed by atoms with Gasteiger partial charge in [-0.15, -0.1) is 0 Å². The third kappa shape index (κ3) is 3.22. The number of aryl methyl sites for hydroxylation is 1. The normalized spacial score (nSPS) is 15.9. The molecule has 132 valence electrons. The van der Waals surface area contributed by atoms with Gasteiger partial charge in [-0.2, -0.15) is 0 Å². The molecule has 1 saturated carbocycles. The molecule has 1 heterocycles. The maximum absolute atomic E-state index is 12.9. The Balaban J connectivity index is 1.59. The molecule has 1 aliphatic carbocycles. The molecule has 1 N–H and O–H groups in total. The lowest BCUT2D eigenvalue weighted by Crippen LogP contribution is -2.44. The summed E-state index contributed by atoms with van der Waals surface area (Å²) in [5, 5.41) is 4.46. The molecule has 0 bridgehead atoms. The molecular weight excluding hydrogens is 320 g/mol. The second-order valence-electron chi connectivity index (χ2n) is 7.38. The topological polar surface area (TPSA) is 42.0 Å². The predicted octanol–water partition coefficient (Wildman–Crippen LogP) is 4.67. The van der Waals surface area contributed by atoms with Crippen molar-refractivity contribution in [3.8, 4) is 0 Å². The fourth-order valence-corrected chi connectivity index (χ4v) is 4.20. The van der Waals surface area contributed by atoms with Crippen molar-refractivity contribution in [2.45, 2.75) is 44.6 Å². The van der Waals surface area contributed by atoms with E-state index in [0.717, 1.165) is 42.1 Å². The number of hydrogen-bond acceptors (Lipinski definition) is 2. The van der Waals surface area contributed by atoms with Crippen LogP contribution in [0.5, 0.6) is 0 Å². The number of carbonyl (C=O) groups excluding carboxylic acids is 1. The van der Waals surface area contributed by atoms with Crippen molar-refractivity contribution in [3.05, 3.63) is 77.5 Å². The van der Waals surface area contributed by atoms with Crippen molar-refractivity contribution < 1.29 is 4.79 Å². The van der Waals surface area contributed by atoms with Crippen LogP contribution in [0.25, 0.3) is 10.9 Å². The second kappa shape index (κ2) is 6.91. The molecule has 26 heavy (non-hydrogen) atoms. The average Bonchev–Trinajstić information content (AvgIpc) is 3.12. The molecule has 1 aromatic heterocycles. The van der Waals surface area contributed by atoms with Gasteiger partial charge in [0.15, 0.2) is 0 Å². The van der Waals surface area contributed by atoms with Gasteiger partial charge in [-0.25, -0.2) is 0 Å². The van der Waals surface area contributed by atoms with Crippen LogP contribution in [0.15, 0.2) is 60.8 Å². The van der Waals surface area contributed by atoms with Crippen molar-refractivity contribution in [2.75, 3.05) is 0 Å². The van der Waals surface area contributed by atoms with E-state index in [1.807, 2.05) is 30.3 Å². The first kappa shape index (κ1) is 16.8. The number of aromatic nitrogens is 1. The number of rotatable bonds is 4. The van der Waals surface area contributed by atoms with Crippen LogP contribution >= 0.6 is 0 Å². The van der Waals surface area contributed by atoms with Crippen LogP contribution < -0.4 is 5.32 Å².